The number of nitro groups is 1. The van der Waals surface area contributed by atoms with Gasteiger partial charge in [-0.15, -0.1) is 12.4 Å². The lowest BCUT2D eigenvalue weighted by molar-refractivity contribution is -0.385. The van der Waals surface area contributed by atoms with E-state index in [1.54, 1.807) is 19.2 Å². The van der Waals surface area contributed by atoms with Gasteiger partial charge in [0.25, 0.3) is 11.6 Å². The van der Waals surface area contributed by atoms with Crippen LogP contribution in [-0.4, -0.2) is 61.1 Å². The summed E-state index contributed by atoms with van der Waals surface area (Å²) in [5, 5.41) is 12.2. The second kappa shape index (κ2) is 12.2. The highest BCUT2D eigenvalue weighted by atomic mass is 35.5. The summed E-state index contributed by atoms with van der Waals surface area (Å²) in [5.41, 5.74) is 0.247. The molecule has 0 radical (unpaired) electrons. The van der Waals surface area contributed by atoms with Crippen LogP contribution in [0.2, 0.25) is 5.02 Å². The van der Waals surface area contributed by atoms with Crippen LogP contribution in [0.4, 0.5) is 10.8 Å². The number of fused-ring (bicyclic) bond motifs is 1. The molecule has 0 fully saturated rings. The van der Waals surface area contributed by atoms with Crippen LogP contribution in [0.5, 0.6) is 11.5 Å². The standard InChI is InChI=1S/C22H25ClN4O5S.ClH/c1-5-25(6-2)9-10-26(21(28)15-11-14(23)7-8-17(15)27(29)30)22-24-16-12-18(31-3)19(32-4)13-20(16)33-22;/h7-8,11-13H,5-6,9-10H2,1-4H3;1H. The number of aromatic nitrogens is 1. The number of rotatable bonds is 10. The summed E-state index contributed by atoms with van der Waals surface area (Å²) in [4.78, 5) is 32.9. The van der Waals surface area contributed by atoms with Gasteiger partial charge in [-0.3, -0.25) is 19.8 Å². The quantitative estimate of drug-likeness (QED) is 0.260. The van der Waals surface area contributed by atoms with Gasteiger partial charge in [-0.05, 0) is 25.2 Å². The van der Waals surface area contributed by atoms with Gasteiger partial charge in [0.05, 0.1) is 29.4 Å². The Morgan fingerprint density at radius 3 is 2.35 bits per heavy atom. The van der Waals surface area contributed by atoms with E-state index in [9.17, 15) is 14.9 Å². The summed E-state index contributed by atoms with van der Waals surface area (Å²) < 4.78 is 11.5. The Morgan fingerprint density at radius 1 is 1.12 bits per heavy atom. The lowest BCUT2D eigenvalue weighted by Crippen LogP contribution is -2.39. The van der Waals surface area contributed by atoms with Crippen molar-refractivity contribution >= 4 is 62.3 Å². The maximum atomic E-state index is 13.6. The molecule has 12 heteroatoms. The Balaban J connectivity index is 0.00000408. The smallest absolute Gasteiger partial charge is 0.282 e. The molecule has 0 saturated heterocycles. The summed E-state index contributed by atoms with van der Waals surface area (Å²) in [5.74, 6) is 0.536. The number of anilines is 1. The molecule has 0 saturated carbocycles. The average molecular weight is 529 g/mol. The van der Waals surface area contributed by atoms with Crippen molar-refractivity contribution in [2.24, 2.45) is 0 Å². The predicted octanol–water partition coefficient (Wildman–Crippen LogP) is 5.29. The number of nitrogens with zero attached hydrogens (tertiary/aromatic N) is 4. The van der Waals surface area contributed by atoms with Crippen LogP contribution in [0.3, 0.4) is 0 Å². The number of carbonyl (C=O) groups excluding carboxylic acids is 1. The van der Waals surface area contributed by atoms with Gasteiger partial charge in [0.2, 0.25) is 0 Å². The van der Waals surface area contributed by atoms with Crippen LogP contribution >= 0.6 is 35.3 Å². The molecule has 1 aromatic heterocycles. The summed E-state index contributed by atoms with van der Waals surface area (Å²) in [6.45, 7) is 6.57. The highest BCUT2D eigenvalue weighted by Crippen LogP contribution is 2.38. The second-order valence-corrected chi connectivity index (χ2v) is 8.52. The molecule has 3 rings (SSSR count). The normalized spacial score (nSPS) is 10.8. The minimum atomic E-state index is -0.583. The predicted molar refractivity (Wildman–Crippen MR) is 138 cm³/mol. The zero-order valence-electron chi connectivity index (χ0n) is 19.2. The monoisotopic (exact) mass is 528 g/mol. The van der Waals surface area contributed by atoms with E-state index in [0.29, 0.717) is 35.2 Å². The van der Waals surface area contributed by atoms with Crippen molar-refractivity contribution < 1.29 is 19.2 Å². The lowest BCUT2D eigenvalue weighted by Gasteiger charge is -2.24. The topological polar surface area (TPSA) is 98.0 Å². The van der Waals surface area contributed by atoms with Gasteiger partial charge in [0.15, 0.2) is 16.6 Å². The van der Waals surface area contributed by atoms with E-state index in [0.717, 1.165) is 17.8 Å². The summed E-state index contributed by atoms with van der Waals surface area (Å²) in [6.07, 6.45) is 0. The van der Waals surface area contributed by atoms with Crippen molar-refractivity contribution in [1.29, 1.82) is 0 Å². The number of amides is 1. The Bertz CT molecular complexity index is 1130. The third-order valence-corrected chi connectivity index (χ3v) is 6.55. The SMILES string of the molecule is CCN(CC)CCN(C(=O)c1cc(Cl)ccc1[N+](=O)[O-])c1nc2cc(OC)c(OC)cc2s1.Cl. The third kappa shape index (κ3) is 5.87. The van der Waals surface area contributed by atoms with E-state index in [2.05, 4.69) is 9.88 Å². The summed E-state index contributed by atoms with van der Waals surface area (Å²) in [7, 11) is 3.08. The van der Waals surface area contributed by atoms with Crippen LogP contribution < -0.4 is 14.4 Å². The molecule has 0 unspecified atom stereocenters. The summed E-state index contributed by atoms with van der Waals surface area (Å²) in [6, 6.07) is 7.50. The molecular formula is C22H26Cl2N4O5S. The number of hydrogen-bond acceptors (Lipinski definition) is 8. The average Bonchev–Trinajstić information content (AvgIpc) is 3.22. The first-order valence-corrected chi connectivity index (χ1v) is 11.5. The van der Waals surface area contributed by atoms with E-state index in [4.69, 9.17) is 21.1 Å². The van der Waals surface area contributed by atoms with Crippen molar-refractivity contribution in [2.45, 2.75) is 13.8 Å². The number of benzene rings is 2. The van der Waals surface area contributed by atoms with Gasteiger partial charge in [-0.25, -0.2) is 4.98 Å². The molecular weight excluding hydrogens is 503 g/mol. The molecule has 9 nitrogen and oxygen atoms in total. The fourth-order valence-corrected chi connectivity index (χ4v) is 4.58. The number of halogens is 2. The van der Waals surface area contributed by atoms with Gasteiger partial charge in [0, 0.05) is 36.3 Å². The highest BCUT2D eigenvalue weighted by Gasteiger charge is 2.28. The molecule has 0 aliphatic heterocycles. The van der Waals surface area contributed by atoms with Crippen LogP contribution in [0.25, 0.3) is 10.2 Å². The third-order valence-electron chi connectivity index (χ3n) is 5.28. The maximum Gasteiger partial charge on any atom is 0.282 e. The number of hydrogen-bond donors (Lipinski definition) is 0. The Hall–Kier alpha value is -2.66. The molecule has 0 spiro atoms. The van der Waals surface area contributed by atoms with E-state index in [1.807, 2.05) is 13.8 Å². The number of carbonyl (C=O) groups is 1. The number of methoxy groups -OCH3 is 2. The van der Waals surface area contributed by atoms with Crippen molar-refractivity contribution in [3.8, 4) is 11.5 Å². The molecule has 0 aliphatic carbocycles. The minimum absolute atomic E-state index is 0. The van der Waals surface area contributed by atoms with Gasteiger partial charge in [-0.1, -0.05) is 36.8 Å². The fourth-order valence-electron chi connectivity index (χ4n) is 3.41. The molecule has 1 heterocycles. The first-order chi connectivity index (χ1) is 15.8. The Labute approximate surface area is 212 Å². The molecule has 2 aromatic carbocycles. The molecule has 0 aliphatic rings. The number of likely N-dealkylation sites (N-methyl/N-ethyl adjacent to an activating group) is 1. The molecule has 184 valence electrons. The van der Waals surface area contributed by atoms with Crippen LogP contribution in [0, 0.1) is 10.1 Å². The molecule has 0 atom stereocenters. The van der Waals surface area contributed by atoms with Crippen LogP contribution in [-0.2, 0) is 0 Å². The van der Waals surface area contributed by atoms with Gasteiger partial charge in [-0.2, -0.15) is 0 Å². The van der Waals surface area contributed by atoms with E-state index in [1.165, 1.54) is 41.5 Å². The molecule has 0 N–H and O–H groups in total. The minimum Gasteiger partial charge on any atom is -0.493 e. The first kappa shape index (κ1) is 27.6. The van der Waals surface area contributed by atoms with E-state index >= 15 is 0 Å². The number of nitro benzene ring substituents is 1. The van der Waals surface area contributed by atoms with Crippen molar-refractivity contribution in [2.75, 3.05) is 45.3 Å². The van der Waals surface area contributed by atoms with Crippen LogP contribution in [0.15, 0.2) is 30.3 Å². The lowest BCUT2D eigenvalue weighted by atomic mass is 10.1. The molecule has 3 aromatic rings. The van der Waals surface area contributed by atoms with E-state index < -0.39 is 10.8 Å². The maximum absolute atomic E-state index is 13.6. The highest BCUT2D eigenvalue weighted by molar-refractivity contribution is 7.22. The Kier molecular flexibility index (Phi) is 9.87. The van der Waals surface area contributed by atoms with Crippen molar-refractivity contribution in [3.05, 3.63) is 51.0 Å². The molecule has 1 amide bonds. The largest absolute Gasteiger partial charge is 0.493 e. The van der Waals surface area contributed by atoms with Gasteiger partial charge >= 0.3 is 0 Å². The first-order valence-electron chi connectivity index (χ1n) is 10.3. The number of ether oxygens (including phenoxy) is 2. The fraction of sp³-hybridized carbons (Fsp3) is 0.364. The molecule has 0 bridgehead atoms. The van der Waals surface area contributed by atoms with Crippen LogP contribution in [0.1, 0.15) is 24.2 Å². The van der Waals surface area contributed by atoms with Gasteiger partial charge in [0.1, 0.15) is 5.56 Å². The molecule has 34 heavy (non-hydrogen) atoms. The zero-order valence-corrected chi connectivity index (χ0v) is 21.6. The summed E-state index contributed by atoms with van der Waals surface area (Å²) >= 11 is 7.38. The van der Waals surface area contributed by atoms with Crippen molar-refractivity contribution in [1.82, 2.24) is 9.88 Å². The van der Waals surface area contributed by atoms with Gasteiger partial charge < -0.3 is 14.4 Å². The number of thiazole rings is 1. The van der Waals surface area contributed by atoms with Crippen molar-refractivity contribution in [3.63, 3.8) is 0 Å². The second-order valence-electron chi connectivity index (χ2n) is 7.07. The Morgan fingerprint density at radius 2 is 1.76 bits per heavy atom. The zero-order chi connectivity index (χ0) is 24.1. The van der Waals surface area contributed by atoms with E-state index in [-0.39, 0.29) is 28.7 Å².